The number of carbonyl (C=O) groups excluding carboxylic acids is 1. The van der Waals surface area contributed by atoms with Gasteiger partial charge in [-0.3, -0.25) is 0 Å². The van der Waals surface area contributed by atoms with Crippen molar-refractivity contribution in [2.75, 3.05) is 6.61 Å². The number of amides is 1. The molecule has 2 fully saturated rings. The normalized spacial score (nSPS) is 32.6. The van der Waals surface area contributed by atoms with Gasteiger partial charge in [0.25, 0.3) is 0 Å². The van der Waals surface area contributed by atoms with E-state index in [1.807, 2.05) is 0 Å². The third-order valence-corrected chi connectivity index (χ3v) is 3.19. The van der Waals surface area contributed by atoms with E-state index in [9.17, 15) is 4.79 Å². The van der Waals surface area contributed by atoms with Crippen LogP contribution in [0.3, 0.4) is 0 Å². The number of epoxide rings is 1. The summed E-state index contributed by atoms with van der Waals surface area (Å²) in [6.45, 7) is 0.909. The van der Waals surface area contributed by atoms with E-state index in [-0.39, 0.29) is 6.10 Å². The maximum absolute atomic E-state index is 10.9. The number of hydrogen-bond donors (Lipinski definition) is 0. The van der Waals surface area contributed by atoms with Crippen LogP contribution in [-0.4, -0.2) is 24.9 Å². The summed E-state index contributed by atoms with van der Waals surface area (Å²) >= 11 is 0. The summed E-state index contributed by atoms with van der Waals surface area (Å²) in [5.41, 5.74) is 8.06. The molecule has 1 atom stereocenters. The molecule has 1 unspecified atom stereocenters. The first-order valence-electron chi connectivity index (χ1n) is 5.65. The Morgan fingerprint density at radius 3 is 2.69 bits per heavy atom. The minimum atomic E-state index is -0.809. The molecule has 0 aromatic rings. The third-order valence-electron chi connectivity index (χ3n) is 3.19. The van der Waals surface area contributed by atoms with Gasteiger partial charge in [0.1, 0.15) is 6.10 Å². The van der Waals surface area contributed by atoms with E-state index >= 15 is 0 Å². The van der Waals surface area contributed by atoms with E-state index in [0.29, 0.717) is 12.0 Å². The highest BCUT2D eigenvalue weighted by atomic mass is 16.6. The number of ether oxygens (including phenoxy) is 2. The van der Waals surface area contributed by atoms with Gasteiger partial charge in [0.15, 0.2) is 0 Å². The smallest absolute Gasteiger partial charge is 0.397 e. The Morgan fingerprint density at radius 1 is 1.44 bits per heavy atom. The van der Waals surface area contributed by atoms with Crippen LogP contribution >= 0.6 is 0 Å². The zero-order valence-electron chi connectivity index (χ0n) is 9.04. The van der Waals surface area contributed by atoms with E-state index < -0.39 is 6.09 Å². The van der Waals surface area contributed by atoms with Crippen molar-refractivity contribution in [3.05, 3.63) is 10.4 Å². The topological polar surface area (TPSA) is 87.6 Å². The summed E-state index contributed by atoms with van der Waals surface area (Å²) < 4.78 is 10.2. The fraction of sp³-hybridized carbons (Fsp3) is 0.900. The van der Waals surface area contributed by atoms with Crippen LogP contribution in [0.25, 0.3) is 10.4 Å². The molecule has 0 bridgehead atoms. The molecule has 6 nitrogen and oxygen atoms in total. The van der Waals surface area contributed by atoms with Gasteiger partial charge in [0, 0.05) is 10.0 Å². The molecule has 6 heteroatoms. The Kier molecular flexibility index (Phi) is 3.64. The van der Waals surface area contributed by atoms with Gasteiger partial charge in [-0.05, 0) is 43.6 Å². The highest BCUT2D eigenvalue weighted by molar-refractivity contribution is 5.68. The van der Waals surface area contributed by atoms with Crippen molar-refractivity contribution in [1.29, 1.82) is 0 Å². The zero-order chi connectivity index (χ0) is 11.4. The Bertz CT molecular complexity index is 302. The molecular formula is C10H15N3O3. The van der Waals surface area contributed by atoms with Crippen molar-refractivity contribution in [2.24, 2.45) is 11.0 Å². The molecule has 1 aliphatic carbocycles. The van der Waals surface area contributed by atoms with Gasteiger partial charge >= 0.3 is 6.09 Å². The molecule has 1 aliphatic heterocycles. The van der Waals surface area contributed by atoms with Crippen LogP contribution in [0.5, 0.6) is 0 Å². The largest absolute Gasteiger partial charge is 0.458 e. The lowest BCUT2D eigenvalue weighted by atomic mass is 9.84. The fourth-order valence-electron chi connectivity index (χ4n) is 2.26. The van der Waals surface area contributed by atoms with Gasteiger partial charge in [0.05, 0.1) is 12.7 Å². The third kappa shape index (κ3) is 3.40. The summed E-state index contributed by atoms with van der Waals surface area (Å²) in [5.74, 6) is 0.696. The van der Waals surface area contributed by atoms with E-state index in [2.05, 4.69) is 10.0 Å². The summed E-state index contributed by atoms with van der Waals surface area (Å²) in [4.78, 5) is 13.3. The van der Waals surface area contributed by atoms with Gasteiger partial charge in [-0.25, -0.2) is 4.79 Å². The van der Waals surface area contributed by atoms with E-state index in [1.54, 1.807) is 0 Å². The second kappa shape index (κ2) is 5.18. The van der Waals surface area contributed by atoms with Crippen LogP contribution in [0.4, 0.5) is 4.79 Å². The predicted octanol–water partition coefficient (Wildman–Crippen LogP) is 2.78. The van der Waals surface area contributed by atoms with Crippen molar-refractivity contribution in [3.8, 4) is 0 Å². The first-order valence-corrected chi connectivity index (χ1v) is 5.65. The molecule has 1 heterocycles. The Morgan fingerprint density at radius 2 is 2.12 bits per heavy atom. The average Bonchev–Trinajstić information content (AvgIpc) is 3.05. The lowest BCUT2D eigenvalue weighted by Crippen LogP contribution is -2.23. The second-order valence-corrected chi connectivity index (χ2v) is 4.41. The molecule has 0 aromatic carbocycles. The molecule has 0 aromatic heterocycles. The molecule has 1 saturated heterocycles. The zero-order valence-corrected chi connectivity index (χ0v) is 9.04. The van der Waals surface area contributed by atoms with Crippen LogP contribution in [-0.2, 0) is 9.47 Å². The minimum Gasteiger partial charge on any atom is -0.458 e. The number of hydrogen-bond acceptors (Lipinski definition) is 3. The molecule has 0 radical (unpaired) electrons. The summed E-state index contributed by atoms with van der Waals surface area (Å²) in [5, 5.41) is 2.90. The fourth-order valence-corrected chi connectivity index (χ4v) is 2.26. The Balaban J connectivity index is 1.67. The monoisotopic (exact) mass is 225 g/mol. The molecule has 1 saturated carbocycles. The minimum absolute atomic E-state index is 0.0747. The van der Waals surface area contributed by atoms with Gasteiger partial charge in [-0.15, -0.1) is 0 Å². The Hall–Kier alpha value is -1.26. The molecule has 2 aliphatic rings. The van der Waals surface area contributed by atoms with Crippen molar-refractivity contribution in [1.82, 2.24) is 0 Å². The second-order valence-electron chi connectivity index (χ2n) is 4.41. The van der Waals surface area contributed by atoms with Gasteiger partial charge in [-0.2, -0.15) is 0 Å². The van der Waals surface area contributed by atoms with E-state index in [0.717, 1.165) is 38.7 Å². The molecule has 0 N–H and O–H groups in total. The molecule has 2 rings (SSSR count). The lowest BCUT2D eigenvalue weighted by molar-refractivity contribution is 0.0687. The van der Waals surface area contributed by atoms with Crippen molar-refractivity contribution >= 4 is 6.09 Å². The van der Waals surface area contributed by atoms with E-state index in [4.69, 9.17) is 15.0 Å². The van der Waals surface area contributed by atoms with E-state index in [1.165, 1.54) is 0 Å². The molecular weight excluding hydrogens is 210 g/mol. The number of carbonyl (C=O) groups is 1. The van der Waals surface area contributed by atoms with Gasteiger partial charge < -0.3 is 9.47 Å². The first-order chi connectivity index (χ1) is 7.78. The van der Waals surface area contributed by atoms with Crippen LogP contribution in [0, 0.1) is 5.92 Å². The number of nitrogens with zero attached hydrogens (tertiary/aromatic N) is 3. The highest BCUT2D eigenvalue weighted by Gasteiger charge is 2.30. The van der Waals surface area contributed by atoms with Crippen LogP contribution in [0.1, 0.15) is 32.1 Å². The SMILES string of the molecule is [N-]=[N+]=NC(=O)OC1CCC(CC2CO2)CC1. The van der Waals surface area contributed by atoms with Gasteiger partial charge in [0.2, 0.25) is 0 Å². The standard InChI is InChI=1S/C10H15N3O3/c11-13-12-10(14)16-8-3-1-7(2-4-8)5-9-6-15-9/h7-9H,1-6H2. The predicted molar refractivity (Wildman–Crippen MR) is 55.7 cm³/mol. The molecule has 88 valence electrons. The maximum atomic E-state index is 10.9. The highest BCUT2D eigenvalue weighted by Crippen LogP contribution is 2.32. The lowest BCUT2D eigenvalue weighted by Gasteiger charge is -2.27. The summed E-state index contributed by atoms with van der Waals surface area (Å²) in [6, 6.07) is 0. The summed E-state index contributed by atoms with van der Waals surface area (Å²) in [6.07, 6.45) is 4.59. The summed E-state index contributed by atoms with van der Waals surface area (Å²) in [7, 11) is 0. The van der Waals surface area contributed by atoms with Crippen LogP contribution < -0.4 is 0 Å². The molecule has 16 heavy (non-hydrogen) atoms. The average molecular weight is 225 g/mol. The maximum Gasteiger partial charge on any atom is 0.397 e. The van der Waals surface area contributed by atoms with Crippen molar-refractivity contribution in [2.45, 2.75) is 44.3 Å². The Labute approximate surface area is 93.5 Å². The van der Waals surface area contributed by atoms with Crippen molar-refractivity contribution < 1.29 is 14.3 Å². The van der Waals surface area contributed by atoms with Crippen molar-refractivity contribution in [3.63, 3.8) is 0 Å². The first kappa shape index (κ1) is 11.2. The quantitative estimate of drug-likeness (QED) is 0.320. The van der Waals surface area contributed by atoms with Crippen LogP contribution in [0.15, 0.2) is 5.11 Å². The number of rotatable bonds is 3. The van der Waals surface area contributed by atoms with Crippen LogP contribution in [0.2, 0.25) is 0 Å². The number of azide groups is 1. The van der Waals surface area contributed by atoms with Gasteiger partial charge in [-0.1, -0.05) is 0 Å². The molecule has 1 amide bonds. The molecule has 0 spiro atoms.